The summed E-state index contributed by atoms with van der Waals surface area (Å²) in [6.07, 6.45) is 3.12. The number of piperidine rings is 1. The van der Waals surface area contributed by atoms with Crippen LogP contribution < -0.4 is 16.0 Å². The van der Waals surface area contributed by atoms with Crippen molar-refractivity contribution in [2.75, 3.05) is 19.6 Å². The molecule has 2 rings (SSSR count). The smallest absolute Gasteiger partial charge is 0.251 e. The average molecular weight is 289 g/mol. The van der Waals surface area contributed by atoms with Crippen LogP contribution in [0.5, 0.6) is 0 Å². The van der Waals surface area contributed by atoms with E-state index in [0.717, 1.165) is 31.4 Å². The first-order valence-electron chi connectivity index (χ1n) is 7.53. The number of carbonyl (C=O) groups excluding carboxylic acids is 2. The Morgan fingerprint density at radius 2 is 1.86 bits per heavy atom. The van der Waals surface area contributed by atoms with Crippen LogP contribution in [-0.2, 0) is 4.79 Å². The fourth-order valence-corrected chi connectivity index (χ4v) is 2.37. The van der Waals surface area contributed by atoms with Gasteiger partial charge in [0.2, 0.25) is 5.91 Å². The van der Waals surface area contributed by atoms with Crippen LogP contribution in [0.1, 0.15) is 35.2 Å². The first-order valence-corrected chi connectivity index (χ1v) is 7.53. The van der Waals surface area contributed by atoms with E-state index in [-0.39, 0.29) is 17.9 Å². The summed E-state index contributed by atoms with van der Waals surface area (Å²) in [5.41, 5.74) is 1.76. The third kappa shape index (κ3) is 4.86. The molecule has 0 bridgehead atoms. The van der Waals surface area contributed by atoms with E-state index >= 15 is 0 Å². The van der Waals surface area contributed by atoms with Gasteiger partial charge in [0.25, 0.3) is 5.91 Å². The maximum atomic E-state index is 11.9. The predicted molar refractivity (Wildman–Crippen MR) is 82.2 cm³/mol. The maximum absolute atomic E-state index is 11.9. The number of hydrogen-bond acceptors (Lipinski definition) is 3. The molecule has 0 radical (unpaired) electrons. The minimum Gasteiger partial charge on any atom is -0.353 e. The molecule has 3 N–H and O–H groups in total. The Hall–Kier alpha value is -1.88. The first-order chi connectivity index (χ1) is 10.2. The van der Waals surface area contributed by atoms with Crippen LogP contribution in [0.2, 0.25) is 0 Å². The van der Waals surface area contributed by atoms with Gasteiger partial charge in [0.15, 0.2) is 0 Å². The van der Waals surface area contributed by atoms with E-state index in [0.29, 0.717) is 18.7 Å². The zero-order valence-electron chi connectivity index (χ0n) is 12.4. The summed E-state index contributed by atoms with van der Waals surface area (Å²) < 4.78 is 0. The van der Waals surface area contributed by atoms with Crippen molar-refractivity contribution in [1.82, 2.24) is 16.0 Å². The topological polar surface area (TPSA) is 70.2 Å². The molecule has 1 saturated heterocycles. The second kappa shape index (κ2) is 7.78. The number of carbonyl (C=O) groups is 2. The van der Waals surface area contributed by atoms with Gasteiger partial charge >= 0.3 is 0 Å². The molecule has 1 atom stereocenters. The van der Waals surface area contributed by atoms with Crippen molar-refractivity contribution in [3.05, 3.63) is 35.4 Å². The van der Waals surface area contributed by atoms with Gasteiger partial charge in [-0.15, -0.1) is 0 Å². The van der Waals surface area contributed by atoms with Gasteiger partial charge in [-0.05, 0) is 38.4 Å². The first kappa shape index (κ1) is 15.5. The van der Waals surface area contributed by atoms with Gasteiger partial charge in [-0.1, -0.05) is 24.1 Å². The minimum atomic E-state index is -0.111. The van der Waals surface area contributed by atoms with Gasteiger partial charge in [-0.25, -0.2) is 0 Å². The van der Waals surface area contributed by atoms with Crippen LogP contribution >= 0.6 is 0 Å². The molecule has 2 amide bonds. The second-order valence-electron chi connectivity index (χ2n) is 5.42. The quantitative estimate of drug-likeness (QED) is 0.708. The summed E-state index contributed by atoms with van der Waals surface area (Å²) >= 11 is 0. The summed E-state index contributed by atoms with van der Waals surface area (Å²) in [5, 5.41) is 8.86. The van der Waals surface area contributed by atoms with Crippen molar-refractivity contribution >= 4 is 11.8 Å². The molecule has 5 heteroatoms. The number of rotatable bonds is 5. The Morgan fingerprint density at radius 1 is 1.14 bits per heavy atom. The van der Waals surface area contributed by atoms with E-state index in [2.05, 4.69) is 16.0 Å². The molecule has 1 heterocycles. The second-order valence-corrected chi connectivity index (χ2v) is 5.42. The van der Waals surface area contributed by atoms with Crippen LogP contribution in [0.25, 0.3) is 0 Å². The fraction of sp³-hybridized carbons (Fsp3) is 0.500. The summed E-state index contributed by atoms with van der Waals surface area (Å²) in [4.78, 5) is 23.7. The summed E-state index contributed by atoms with van der Waals surface area (Å²) in [5.74, 6) is -0.0840. The number of amides is 2. The Morgan fingerprint density at radius 3 is 2.52 bits per heavy atom. The molecule has 1 aliphatic rings. The standard InChI is InChI=1S/C16H23N3O2/c1-12-5-7-13(8-6-12)15(20)18-10-11-19-16(21)14-4-2-3-9-17-14/h5-8,14,17H,2-4,9-11H2,1H3,(H,18,20)(H,19,21). The highest BCUT2D eigenvalue weighted by Crippen LogP contribution is 2.06. The monoisotopic (exact) mass is 289 g/mol. The van der Waals surface area contributed by atoms with Crippen LogP contribution in [0.3, 0.4) is 0 Å². The van der Waals surface area contributed by atoms with Gasteiger partial charge in [0, 0.05) is 18.7 Å². The van der Waals surface area contributed by atoms with Gasteiger partial charge in [-0.3, -0.25) is 9.59 Å². The molecule has 1 aromatic carbocycles. The molecule has 0 saturated carbocycles. The lowest BCUT2D eigenvalue weighted by Gasteiger charge is -2.22. The highest BCUT2D eigenvalue weighted by molar-refractivity contribution is 5.94. The number of benzene rings is 1. The van der Waals surface area contributed by atoms with Gasteiger partial charge < -0.3 is 16.0 Å². The molecule has 1 unspecified atom stereocenters. The maximum Gasteiger partial charge on any atom is 0.251 e. The molecular weight excluding hydrogens is 266 g/mol. The molecule has 5 nitrogen and oxygen atoms in total. The van der Waals surface area contributed by atoms with Crippen molar-refractivity contribution in [2.24, 2.45) is 0 Å². The lowest BCUT2D eigenvalue weighted by Crippen LogP contribution is -2.48. The van der Waals surface area contributed by atoms with E-state index in [1.807, 2.05) is 19.1 Å². The number of nitrogens with one attached hydrogen (secondary N) is 3. The molecule has 1 fully saturated rings. The Kier molecular flexibility index (Phi) is 5.75. The normalized spacial score (nSPS) is 18.0. The lowest BCUT2D eigenvalue weighted by molar-refractivity contribution is -0.123. The molecule has 114 valence electrons. The zero-order chi connectivity index (χ0) is 15.1. The van der Waals surface area contributed by atoms with E-state index in [1.165, 1.54) is 0 Å². The van der Waals surface area contributed by atoms with E-state index in [4.69, 9.17) is 0 Å². The molecule has 0 spiro atoms. The predicted octanol–water partition coefficient (Wildman–Crippen LogP) is 0.983. The zero-order valence-corrected chi connectivity index (χ0v) is 12.4. The summed E-state index contributed by atoms with van der Waals surface area (Å²) in [6.45, 7) is 3.78. The molecular formula is C16H23N3O2. The Bertz CT molecular complexity index is 479. The molecule has 0 aliphatic carbocycles. The SMILES string of the molecule is Cc1ccc(C(=O)NCCNC(=O)C2CCCCN2)cc1. The van der Waals surface area contributed by atoms with E-state index in [1.54, 1.807) is 12.1 Å². The van der Waals surface area contributed by atoms with Gasteiger partial charge in [-0.2, -0.15) is 0 Å². The minimum absolute atomic E-state index is 0.0271. The van der Waals surface area contributed by atoms with Crippen molar-refractivity contribution < 1.29 is 9.59 Å². The van der Waals surface area contributed by atoms with E-state index < -0.39 is 0 Å². The van der Waals surface area contributed by atoms with E-state index in [9.17, 15) is 9.59 Å². The molecule has 1 aliphatic heterocycles. The van der Waals surface area contributed by atoms with Gasteiger partial charge in [0.05, 0.1) is 6.04 Å². The average Bonchev–Trinajstić information content (AvgIpc) is 2.52. The number of hydrogen-bond donors (Lipinski definition) is 3. The largest absolute Gasteiger partial charge is 0.353 e. The van der Waals surface area contributed by atoms with Crippen LogP contribution in [0.4, 0.5) is 0 Å². The molecule has 0 aromatic heterocycles. The van der Waals surface area contributed by atoms with Crippen LogP contribution in [-0.4, -0.2) is 37.5 Å². The highest BCUT2D eigenvalue weighted by Gasteiger charge is 2.19. The van der Waals surface area contributed by atoms with Crippen LogP contribution in [0.15, 0.2) is 24.3 Å². The van der Waals surface area contributed by atoms with Crippen molar-refractivity contribution in [1.29, 1.82) is 0 Å². The Balaban J connectivity index is 1.66. The Labute approximate surface area is 125 Å². The third-order valence-electron chi connectivity index (χ3n) is 3.65. The highest BCUT2D eigenvalue weighted by atomic mass is 16.2. The summed E-state index contributed by atoms with van der Waals surface area (Å²) in [7, 11) is 0. The number of aryl methyl sites for hydroxylation is 1. The van der Waals surface area contributed by atoms with Crippen molar-refractivity contribution in [3.63, 3.8) is 0 Å². The summed E-state index contributed by atoms with van der Waals surface area (Å²) in [6, 6.07) is 7.34. The molecule has 21 heavy (non-hydrogen) atoms. The van der Waals surface area contributed by atoms with Gasteiger partial charge in [0.1, 0.15) is 0 Å². The third-order valence-corrected chi connectivity index (χ3v) is 3.65. The van der Waals surface area contributed by atoms with Crippen molar-refractivity contribution in [2.45, 2.75) is 32.2 Å². The van der Waals surface area contributed by atoms with Crippen LogP contribution in [0, 0.1) is 6.92 Å². The lowest BCUT2D eigenvalue weighted by atomic mass is 10.0. The van der Waals surface area contributed by atoms with Crippen molar-refractivity contribution in [3.8, 4) is 0 Å². The molecule has 1 aromatic rings. The fourth-order valence-electron chi connectivity index (χ4n) is 2.37.